The minimum atomic E-state index is -3.82. The van der Waals surface area contributed by atoms with Gasteiger partial charge in [0.05, 0.1) is 24.7 Å². The second-order valence-electron chi connectivity index (χ2n) is 6.78. The lowest BCUT2D eigenvalue weighted by atomic mass is 10.0. The molecule has 0 radical (unpaired) electrons. The predicted molar refractivity (Wildman–Crippen MR) is 108 cm³/mol. The molecular weight excluding hydrogens is 406 g/mol. The molecule has 0 aromatic heterocycles. The van der Waals surface area contributed by atoms with Crippen molar-refractivity contribution in [3.8, 4) is 11.5 Å². The zero-order valence-electron chi connectivity index (χ0n) is 16.1. The number of hydrogen-bond acceptors (Lipinski definition) is 6. The fraction of sp³-hybridized carbons (Fsp3) is 0.611. The molecule has 2 fully saturated rings. The number of likely N-dealkylation sites (tertiary alicyclic amines) is 1. The molecule has 28 heavy (non-hydrogen) atoms. The molecule has 3 rings (SSSR count). The first-order chi connectivity index (χ1) is 12.9. The number of ether oxygens (including phenoxy) is 2. The lowest BCUT2D eigenvalue weighted by molar-refractivity contribution is -0.129. The van der Waals surface area contributed by atoms with Gasteiger partial charge >= 0.3 is 0 Å². The fourth-order valence-electron chi connectivity index (χ4n) is 3.61. The van der Waals surface area contributed by atoms with Crippen molar-refractivity contribution >= 4 is 28.3 Å². The number of halogens is 1. The highest BCUT2D eigenvalue weighted by atomic mass is 35.5. The summed E-state index contributed by atoms with van der Waals surface area (Å²) in [5.41, 5.74) is 0. The van der Waals surface area contributed by atoms with Crippen molar-refractivity contribution in [1.29, 1.82) is 0 Å². The van der Waals surface area contributed by atoms with Crippen LogP contribution in [-0.4, -0.2) is 65.2 Å². The number of sulfonamides is 1. The number of benzene rings is 1. The van der Waals surface area contributed by atoms with Crippen LogP contribution in [0.25, 0.3) is 0 Å². The van der Waals surface area contributed by atoms with E-state index in [1.54, 1.807) is 11.0 Å². The van der Waals surface area contributed by atoms with Crippen LogP contribution in [0.4, 0.5) is 0 Å². The van der Waals surface area contributed by atoms with Gasteiger partial charge in [-0.15, -0.1) is 12.4 Å². The minimum absolute atomic E-state index is 0. The van der Waals surface area contributed by atoms with Crippen LogP contribution in [0.1, 0.15) is 13.8 Å². The van der Waals surface area contributed by atoms with E-state index in [1.165, 1.54) is 12.1 Å². The van der Waals surface area contributed by atoms with E-state index in [0.717, 1.165) is 13.1 Å². The summed E-state index contributed by atoms with van der Waals surface area (Å²) < 4.78 is 38.5. The Labute approximate surface area is 172 Å². The van der Waals surface area contributed by atoms with Crippen molar-refractivity contribution in [3.63, 3.8) is 0 Å². The molecule has 0 aliphatic carbocycles. The number of carbonyl (C=O) groups is 1. The molecule has 2 atom stereocenters. The zero-order valence-corrected chi connectivity index (χ0v) is 17.8. The zero-order chi connectivity index (χ0) is 19.4. The van der Waals surface area contributed by atoms with Gasteiger partial charge < -0.3 is 19.7 Å². The average Bonchev–Trinajstić information content (AvgIpc) is 3.23. The van der Waals surface area contributed by atoms with E-state index in [2.05, 4.69) is 10.0 Å². The molecule has 8 nitrogen and oxygen atoms in total. The summed E-state index contributed by atoms with van der Waals surface area (Å²) in [7, 11) is -3.82. The summed E-state index contributed by atoms with van der Waals surface area (Å²) in [4.78, 5) is 14.2. The maximum absolute atomic E-state index is 12.6. The van der Waals surface area contributed by atoms with Gasteiger partial charge in [-0.2, -0.15) is 0 Å². The SMILES string of the molecule is CCOc1ccc(S(=O)(=O)NCC(=O)N2C[C@H]3CNC[C@H]3C2)cc1OCC.Cl. The summed E-state index contributed by atoms with van der Waals surface area (Å²) in [5, 5.41) is 3.32. The molecule has 0 spiro atoms. The van der Waals surface area contributed by atoms with Crippen molar-refractivity contribution in [2.45, 2.75) is 18.7 Å². The fourth-order valence-corrected chi connectivity index (χ4v) is 4.60. The van der Waals surface area contributed by atoms with E-state index in [-0.39, 0.29) is 29.8 Å². The van der Waals surface area contributed by atoms with Gasteiger partial charge in [-0.25, -0.2) is 13.1 Å². The Balaban J connectivity index is 0.00000280. The quantitative estimate of drug-likeness (QED) is 0.631. The lowest BCUT2D eigenvalue weighted by Crippen LogP contribution is -2.40. The number of nitrogens with zero attached hydrogens (tertiary/aromatic N) is 1. The van der Waals surface area contributed by atoms with Gasteiger partial charge in [-0.05, 0) is 37.8 Å². The molecule has 1 aromatic carbocycles. The third-order valence-corrected chi connectivity index (χ3v) is 6.38. The first-order valence-corrected chi connectivity index (χ1v) is 10.8. The van der Waals surface area contributed by atoms with Crippen molar-refractivity contribution in [3.05, 3.63) is 18.2 Å². The Morgan fingerprint density at radius 1 is 1.14 bits per heavy atom. The smallest absolute Gasteiger partial charge is 0.241 e. The van der Waals surface area contributed by atoms with Crippen molar-refractivity contribution in [1.82, 2.24) is 14.9 Å². The van der Waals surface area contributed by atoms with E-state index in [1.807, 2.05) is 13.8 Å². The van der Waals surface area contributed by atoms with E-state index in [4.69, 9.17) is 9.47 Å². The van der Waals surface area contributed by atoms with Gasteiger partial charge in [0.1, 0.15) is 0 Å². The van der Waals surface area contributed by atoms with Crippen LogP contribution in [0.5, 0.6) is 11.5 Å². The lowest BCUT2D eigenvalue weighted by Gasteiger charge is -2.18. The first-order valence-electron chi connectivity index (χ1n) is 9.32. The molecular formula is C18H28ClN3O5S. The van der Waals surface area contributed by atoms with Gasteiger partial charge in [0.15, 0.2) is 11.5 Å². The number of rotatable bonds is 8. The van der Waals surface area contributed by atoms with Crippen LogP contribution in [0, 0.1) is 11.8 Å². The Morgan fingerprint density at radius 3 is 2.36 bits per heavy atom. The Bertz CT molecular complexity index is 777. The summed E-state index contributed by atoms with van der Waals surface area (Å²) in [6.07, 6.45) is 0. The van der Waals surface area contributed by atoms with Gasteiger partial charge in [0.2, 0.25) is 15.9 Å². The van der Waals surface area contributed by atoms with Crippen molar-refractivity contribution in [2.24, 2.45) is 11.8 Å². The molecule has 2 saturated heterocycles. The summed E-state index contributed by atoms with van der Waals surface area (Å²) in [5.74, 6) is 1.62. The number of fused-ring (bicyclic) bond motifs is 1. The van der Waals surface area contributed by atoms with E-state index in [0.29, 0.717) is 49.6 Å². The van der Waals surface area contributed by atoms with Crippen molar-refractivity contribution < 1.29 is 22.7 Å². The number of nitrogens with one attached hydrogen (secondary N) is 2. The Hall–Kier alpha value is -1.55. The topological polar surface area (TPSA) is 97.0 Å². The molecule has 2 aliphatic rings. The second-order valence-corrected chi connectivity index (χ2v) is 8.54. The van der Waals surface area contributed by atoms with Gasteiger partial charge in [0, 0.05) is 32.2 Å². The summed E-state index contributed by atoms with van der Waals surface area (Å²) in [6.45, 7) is 7.48. The average molecular weight is 434 g/mol. The van der Waals surface area contributed by atoms with Crippen LogP contribution < -0.4 is 19.5 Å². The highest BCUT2D eigenvalue weighted by molar-refractivity contribution is 7.89. The molecule has 0 bridgehead atoms. The number of carbonyl (C=O) groups excluding carboxylic acids is 1. The minimum Gasteiger partial charge on any atom is -0.490 e. The monoisotopic (exact) mass is 433 g/mol. The summed E-state index contributed by atoms with van der Waals surface area (Å²) in [6, 6.07) is 4.44. The van der Waals surface area contributed by atoms with Crippen LogP contribution in [0.3, 0.4) is 0 Å². The predicted octanol–water partition coefficient (Wildman–Crippen LogP) is 0.862. The van der Waals surface area contributed by atoms with E-state index < -0.39 is 10.0 Å². The van der Waals surface area contributed by atoms with Crippen LogP contribution in [-0.2, 0) is 14.8 Å². The van der Waals surface area contributed by atoms with E-state index in [9.17, 15) is 13.2 Å². The summed E-state index contributed by atoms with van der Waals surface area (Å²) >= 11 is 0. The molecule has 0 unspecified atom stereocenters. The van der Waals surface area contributed by atoms with Crippen molar-refractivity contribution in [2.75, 3.05) is 45.9 Å². The molecule has 0 saturated carbocycles. The standard InChI is InChI=1S/C18H27N3O5S.ClH/c1-3-25-16-6-5-15(7-17(16)26-4-2)27(23,24)20-10-18(22)21-11-13-8-19-9-14(13)12-21;/h5-7,13-14,19-20H,3-4,8-12H2,1-2H3;1H/t13-,14+;. The normalized spacial score (nSPS) is 21.1. The maximum atomic E-state index is 12.6. The third kappa shape index (κ3) is 5.08. The number of amides is 1. The molecule has 10 heteroatoms. The van der Waals surface area contributed by atoms with Gasteiger partial charge in [-0.3, -0.25) is 4.79 Å². The maximum Gasteiger partial charge on any atom is 0.241 e. The first kappa shape index (κ1) is 22.7. The molecule has 2 N–H and O–H groups in total. The molecule has 2 aliphatic heterocycles. The van der Waals surface area contributed by atoms with Gasteiger partial charge in [-0.1, -0.05) is 0 Å². The molecule has 1 amide bonds. The highest BCUT2D eigenvalue weighted by Crippen LogP contribution is 2.30. The second kappa shape index (κ2) is 9.78. The molecule has 2 heterocycles. The Morgan fingerprint density at radius 2 is 1.75 bits per heavy atom. The number of hydrogen-bond donors (Lipinski definition) is 2. The Kier molecular flexibility index (Phi) is 7.94. The molecule has 158 valence electrons. The highest BCUT2D eigenvalue weighted by Gasteiger charge is 2.38. The van der Waals surface area contributed by atoms with Crippen LogP contribution in [0.2, 0.25) is 0 Å². The van der Waals surface area contributed by atoms with Crippen LogP contribution in [0.15, 0.2) is 23.1 Å². The van der Waals surface area contributed by atoms with Gasteiger partial charge in [0.25, 0.3) is 0 Å². The molecule has 1 aromatic rings. The van der Waals surface area contributed by atoms with E-state index >= 15 is 0 Å². The largest absolute Gasteiger partial charge is 0.490 e. The third-order valence-electron chi connectivity index (χ3n) is 4.98. The van der Waals surface area contributed by atoms with Crippen LogP contribution >= 0.6 is 12.4 Å².